The van der Waals surface area contributed by atoms with E-state index < -0.39 is 17.0 Å². The minimum absolute atomic E-state index is 0.0576. The first kappa shape index (κ1) is 33.0. The van der Waals surface area contributed by atoms with Gasteiger partial charge in [0.2, 0.25) is 0 Å². The SMILES string of the molecule is CCCCCCP(CCCCCC)c1cc2ccccc2[cH-]1.CP(C)c1cc2ccccc2[cH-]1.[Cl][Ti][Cl]. The van der Waals surface area contributed by atoms with E-state index in [-0.39, 0.29) is 15.8 Å². The summed E-state index contributed by atoms with van der Waals surface area (Å²) in [6.07, 6.45) is 14.1. The molecule has 0 fully saturated rings. The van der Waals surface area contributed by atoms with E-state index in [1.165, 1.54) is 90.5 Å². The summed E-state index contributed by atoms with van der Waals surface area (Å²) in [4.78, 5) is 0. The molecule has 4 aromatic carbocycles. The number of hydrogen-bond acceptors (Lipinski definition) is 0. The predicted octanol–water partition coefficient (Wildman–Crippen LogP) is 11.1. The van der Waals surface area contributed by atoms with E-state index in [2.05, 4.69) is 100.0 Å². The number of halogens is 2. The number of fused-ring (bicyclic) bond motifs is 2. The number of unbranched alkanes of at least 4 members (excludes halogenated alkanes) is 6. The Hall–Kier alpha value is -0.186. The summed E-state index contributed by atoms with van der Waals surface area (Å²) < 4.78 is 0. The van der Waals surface area contributed by atoms with Crippen molar-refractivity contribution in [2.75, 3.05) is 25.7 Å². The van der Waals surface area contributed by atoms with Crippen LogP contribution in [0.1, 0.15) is 65.2 Å². The Morgan fingerprint density at radius 2 is 1.08 bits per heavy atom. The van der Waals surface area contributed by atoms with Crippen LogP contribution in [-0.2, 0) is 17.0 Å². The van der Waals surface area contributed by atoms with E-state index in [1.807, 2.05) is 0 Å². The molecule has 0 unspecified atom stereocenters. The summed E-state index contributed by atoms with van der Waals surface area (Å²) in [5.41, 5.74) is 0. The van der Waals surface area contributed by atoms with Gasteiger partial charge in [-0.15, -0.1) is 88.6 Å². The van der Waals surface area contributed by atoms with E-state index in [4.69, 9.17) is 18.6 Å². The molecule has 0 aromatic heterocycles. The number of hydrogen-bond donors (Lipinski definition) is 0. The Labute approximate surface area is 245 Å². The van der Waals surface area contributed by atoms with Gasteiger partial charge in [0, 0.05) is 0 Å². The molecule has 5 heteroatoms. The van der Waals surface area contributed by atoms with Crippen molar-refractivity contribution in [3.8, 4) is 0 Å². The molecule has 0 nitrogen and oxygen atoms in total. The first-order valence-electron chi connectivity index (χ1n) is 13.7. The number of rotatable bonds is 12. The van der Waals surface area contributed by atoms with Crippen LogP contribution in [0.15, 0.2) is 72.8 Å². The van der Waals surface area contributed by atoms with Gasteiger partial charge in [0.25, 0.3) is 0 Å². The molecule has 37 heavy (non-hydrogen) atoms. The maximum absolute atomic E-state index is 4.89. The Kier molecular flexibility index (Phi) is 17.7. The van der Waals surface area contributed by atoms with Crippen molar-refractivity contribution in [1.82, 2.24) is 0 Å². The van der Waals surface area contributed by atoms with Crippen molar-refractivity contribution in [2.24, 2.45) is 0 Å². The standard InChI is InChI=1S/C21H32P.C11H12P.2ClH.Ti/c1-3-5-7-11-15-22(16-12-8-6-4-2)21-17-19-13-9-10-14-20(19)18-21;1-12(2)11-7-9-5-3-4-6-10(9)8-11;;;/h9-10,13-14,17-18H,3-8,11-12,15-16H2,1-2H3;3-8H,1-2H3;2*1H;/q2*-1;;;+2/p-2. The summed E-state index contributed by atoms with van der Waals surface area (Å²) in [6.45, 7) is 9.20. The van der Waals surface area contributed by atoms with Crippen LogP contribution >= 0.6 is 34.5 Å². The molecule has 0 saturated heterocycles. The van der Waals surface area contributed by atoms with Crippen LogP contribution in [-0.4, -0.2) is 25.7 Å². The first-order chi connectivity index (χ1) is 18.0. The van der Waals surface area contributed by atoms with E-state index in [9.17, 15) is 0 Å². The Balaban J connectivity index is 0.000000268. The van der Waals surface area contributed by atoms with E-state index >= 15 is 0 Å². The zero-order chi connectivity index (χ0) is 26.9. The van der Waals surface area contributed by atoms with E-state index in [0.29, 0.717) is 0 Å². The van der Waals surface area contributed by atoms with Crippen LogP contribution in [0.3, 0.4) is 0 Å². The van der Waals surface area contributed by atoms with Gasteiger partial charge in [-0.1, -0.05) is 72.4 Å². The molecular formula is C32H44Cl2P2Ti-2. The monoisotopic (exact) mass is 608 g/mol. The van der Waals surface area contributed by atoms with Crippen LogP contribution in [0.2, 0.25) is 0 Å². The zero-order valence-corrected chi connectivity index (χ0v) is 28.0. The van der Waals surface area contributed by atoms with Crippen molar-refractivity contribution < 1.29 is 17.0 Å². The van der Waals surface area contributed by atoms with Gasteiger partial charge in [-0.05, 0) is 38.5 Å². The fourth-order valence-corrected chi connectivity index (χ4v) is 7.93. The van der Waals surface area contributed by atoms with Gasteiger partial charge in [-0.3, -0.25) is 0 Å². The van der Waals surface area contributed by atoms with Crippen LogP contribution in [0.4, 0.5) is 0 Å². The molecule has 0 aliphatic heterocycles. The molecule has 0 radical (unpaired) electrons. The van der Waals surface area contributed by atoms with Crippen molar-refractivity contribution in [1.29, 1.82) is 0 Å². The van der Waals surface area contributed by atoms with Crippen molar-refractivity contribution in [3.05, 3.63) is 72.8 Å². The normalized spacial score (nSPS) is 10.9. The molecule has 0 aliphatic rings. The predicted molar refractivity (Wildman–Crippen MR) is 174 cm³/mol. The van der Waals surface area contributed by atoms with Crippen molar-refractivity contribution in [2.45, 2.75) is 65.2 Å². The zero-order valence-electron chi connectivity index (χ0n) is 23.1. The van der Waals surface area contributed by atoms with Gasteiger partial charge in [0.1, 0.15) is 0 Å². The summed E-state index contributed by atoms with van der Waals surface area (Å²) in [5.74, 6) is 0. The second-order valence-electron chi connectivity index (χ2n) is 9.76. The molecule has 0 N–H and O–H groups in total. The van der Waals surface area contributed by atoms with Crippen LogP contribution in [0.25, 0.3) is 21.5 Å². The Morgan fingerprint density at radius 3 is 1.51 bits per heavy atom. The summed E-state index contributed by atoms with van der Waals surface area (Å²) in [5, 5.41) is 8.79. The molecule has 4 rings (SSSR count). The fourth-order valence-electron chi connectivity index (χ4n) is 4.54. The van der Waals surface area contributed by atoms with Crippen LogP contribution in [0.5, 0.6) is 0 Å². The Bertz CT molecular complexity index is 1040. The molecule has 0 aliphatic carbocycles. The Morgan fingerprint density at radius 1 is 0.649 bits per heavy atom. The second kappa shape index (κ2) is 19.8. The third kappa shape index (κ3) is 12.3. The summed E-state index contributed by atoms with van der Waals surface area (Å²) >= 11 is -0.556. The summed E-state index contributed by atoms with van der Waals surface area (Å²) in [7, 11) is 9.90. The maximum atomic E-state index is 4.89. The second-order valence-corrected chi connectivity index (χ2v) is 17.1. The molecule has 0 spiro atoms. The molecule has 0 bridgehead atoms. The third-order valence-corrected chi connectivity index (χ3v) is 10.6. The van der Waals surface area contributed by atoms with Crippen molar-refractivity contribution >= 4 is 66.6 Å². The molecule has 0 atom stereocenters. The minimum atomic E-state index is -0.556. The van der Waals surface area contributed by atoms with Gasteiger partial charge < -0.3 is 0 Å². The van der Waals surface area contributed by atoms with Gasteiger partial charge in [-0.2, -0.15) is 12.1 Å². The van der Waals surface area contributed by atoms with E-state index in [0.717, 1.165) is 0 Å². The topological polar surface area (TPSA) is 0 Å². The molecular weight excluding hydrogens is 565 g/mol. The molecule has 202 valence electrons. The quantitative estimate of drug-likeness (QED) is 0.0649. The molecule has 0 saturated carbocycles. The average molecular weight is 609 g/mol. The molecule has 4 aromatic rings. The van der Waals surface area contributed by atoms with Crippen LogP contribution < -0.4 is 10.6 Å². The summed E-state index contributed by atoms with van der Waals surface area (Å²) in [6, 6.07) is 27.0. The molecule has 0 amide bonds. The van der Waals surface area contributed by atoms with E-state index in [1.54, 1.807) is 5.30 Å². The van der Waals surface area contributed by atoms with Gasteiger partial charge in [0.05, 0.1) is 0 Å². The first-order valence-corrected chi connectivity index (χ1v) is 22.0. The van der Waals surface area contributed by atoms with Gasteiger partial charge in [-0.25, -0.2) is 0 Å². The third-order valence-electron chi connectivity index (χ3n) is 6.65. The van der Waals surface area contributed by atoms with Gasteiger partial charge in [0.15, 0.2) is 0 Å². The molecule has 0 heterocycles. The average Bonchev–Trinajstić information content (AvgIpc) is 3.53. The fraction of sp³-hybridized carbons (Fsp3) is 0.438. The number of benzene rings is 2. The van der Waals surface area contributed by atoms with Crippen molar-refractivity contribution in [3.63, 3.8) is 0 Å². The van der Waals surface area contributed by atoms with Gasteiger partial charge >= 0.3 is 35.6 Å². The van der Waals surface area contributed by atoms with Crippen LogP contribution in [0, 0.1) is 0 Å².